The van der Waals surface area contributed by atoms with Gasteiger partial charge in [0.05, 0.1) is 12.2 Å². The highest BCUT2D eigenvalue weighted by molar-refractivity contribution is 6.31. The lowest BCUT2D eigenvalue weighted by atomic mass is 10.1. The first kappa shape index (κ1) is 14.2. The smallest absolute Gasteiger partial charge is 0.143 e. The maximum atomic E-state index is 9.17. The molecular weight excluding hydrogens is 286 g/mol. The molecule has 2 aromatic rings. The van der Waals surface area contributed by atoms with Gasteiger partial charge in [0.15, 0.2) is 0 Å². The summed E-state index contributed by atoms with van der Waals surface area (Å²) in [5.74, 6) is 0.870. The van der Waals surface area contributed by atoms with Crippen LogP contribution in [0.4, 0.5) is 5.69 Å². The summed E-state index contributed by atoms with van der Waals surface area (Å²) in [4.78, 5) is 2.26. The molecule has 0 aromatic heterocycles. The molecular formula is C17H18ClNO2. The Bertz CT molecular complexity index is 617. The van der Waals surface area contributed by atoms with Crippen molar-refractivity contribution in [3.05, 3.63) is 59.1 Å². The minimum Gasteiger partial charge on any atom is -0.486 e. The van der Waals surface area contributed by atoms with E-state index < -0.39 is 0 Å². The monoisotopic (exact) mass is 303 g/mol. The Kier molecular flexibility index (Phi) is 4.32. The van der Waals surface area contributed by atoms with Crippen LogP contribution in [-0.4, -0.2) is 24.4 Å². The zero-order valence-corrected chi connectivity index (χ0v) is 12.5. The van der Waals surface area contributed by atoms with Crippen LogP contribution in [0.5, 0.6) is 5.75 Å². The Morgan fingerprint density at radius 2 is 1.90 bits per heavy atom. The van der Waals surface area contributed by atoms with Crippen LogP contribution in [-0.2, 0) is 6.54 Å². The number of nitrogens with zero attached hydrogens (tertiary/aromatic N) is 1. The van der Waals surface area contributed by atoms with Crippen molar-refractivity contribution in [1.82, 2.24) is 0 Å². The summed E-state index contributed by atoms with van der Waals surface area (Å²) in [7, 11) is 0. The predicted octanol–water partition coefficient (Wildman–Crippen LogP) is 3.49. The van der Waals surface area contributed by atoms with Gasteiger partial charge in [0.2, 0.25) is 0 Å². The quantitative estimate of drug-likeness (QED) is 0.938. The number of anilines is 1. The number of hydrogen-bond acceptors (Lipinski definition) is 3. The maximum Gasteiger partial charge on any atom is 0.143 e. The number of benzene rings is 2. The van der Waals surface area contributed by atoms with Gasteiger partial charge in [0, 0.05) is 24.6 Å². The summed E-state index contributed by atoms with van der Waals surface area (Å²) in [5.41, 5.74) is 2.17. The molecule has 21 heavy (non-hydrogen) atoms. The average Bonchev–Trinajstić information content (AvgIpc) is 2.50. The van der Waals surface area contributed by atoms with Gasteiger partial charge in [-0.05, 0) is 23.8 Å². The van der Waals surface area contributed by atoms with Crippen molar-refractivity contribution < 1.29 is 9.84 Å². The molecule has 0 fully saturated rings. The first-order valence-electron chi connectivity index (χ1n) is 7.13. The third-order valence-electron chi connectivity index (χ3n) is 3.69. The lowest BCUT2D eigenvalue weighted by molar-refractivity contribution is 0.149. The lowest BCUT2D eigenvalue weighted by Gasteiger charge is -2.36. The molecule has 2 aromatic carbocycles. The second-order valence-corrected chi connectivity index (χ2v) is 5.60. The molecule has 110 valence electrons. The Hall–Kier alpha value is -1.71. The third kappa shape index (κ3) is 3.14. The molecule has 1 aliphatic heterocycles. The molecule has 0 bridgehead atoms. The zero-order chi connectivity index (χ0) is 14.7. The first-order chi connectivity index (χ1) is 10.3. The van der Waals surface area contributed by atoms with Crippen LogP contribution >= 0.6 is 11.6 Å². The van der Waals surface area contributed by atoms with E-state index in [-0.39, 0.29) is 12.7 Å². The average molecular weight is 304 g/mol. The van der Waals surface area contributed by atoms with Gasteiger partial charge in [-0.25, -0.2) is 0 Å². The van der Waals surface area contributed by atoms with Crippen LogP contribution in [0.15, 0.2) is 48.5 Å². The SMILES string of the molecule is OCCC1CN(Cc2ccccc2Cl)c2ccccc2O1. The van der Waals surface area contributed by atoms with Crippen LogP contribution in [0.2, 0.25) is 5.02 Å². The fraction of sp³-hybridized carbons (Fsp3) is 0.294. The van der Waals surface area contributed by atoms with E-state index in [1.807, 2.05) is 42.5 Å². The maximum absolute atomic E-state index is 9.17. The molecule has 0 saturated carbocycles. The minimum atomic E-state index is 0.00684. The number of aliphatic hydroxyl groups excluding tert-OH is 1. The predicted molar refractivity (Wildman–Crippen MR) is 85.1 cm³/mol. The molecule has 3 nitrogen and oxygen atoms in total. The van der Waals surface area contributed by atoms with Gasteiger partial charge in [0.25, 0.3) is 0 Å². The van der Waals surface area contributed by atoms with Crippen molar-refractivity contribution in [3.8, 4) is 5.75 Å². The molecule has 1 aliphatic rings. The Morgan fingerprint density at radius 1 is 1.14 bits per heavy atom. The topological polar surface area (TPSA) is 32.7 Å². The second-order valence-electron chi connectivity index (χ2n) is 5.19. The number of aliphatic hydroxyl groups is 1. The van der Waals surface area contributed by atoms with Gasteiger partial charge >= 0.3 is 0 Å². The van der Waals surface area contributed by atoms with Crippen LogP contribution in [0.1, 0.15) is 12.0 Å². The van der Waals surface area contributed by atoms with Crippen LogP contribution in [0.3, 0.4) is 0 Å². The van der Waals surface area contributed by atoms with Crippen LogP contribution < -0.4 is 9.64 Å². The molecule has 0 aliphatic carbocycles. The van der Waals surface area contributed by atoms with Crippen LogP contribution in [0.25, 0.3) is 0 Å². The molecule has 0 amide bonds. The van der Waals surface area contributed by atoms with E-state index in [0.29, 0.717) is 6.42 Å². The highest BCUT2D eigenvalue weighted by Crippen LogP contribution is 2.35. The van der Waals surface area contributed by atoms with E-state index in [2.05, 4.69) is 11.0 Å². The Balaban J connectivity index is 1.88. The minimum absolute atomic E-state index is 0.00684. The number of para-hydroxylation sites is 2. The van der Waals surface area contributed by atoms with E-state index in [4.69, 9.17) is 21.4 Å². The van der Waals surface area contributed by atoms with E-state index in [9.17, 15) is 0 Å². The molecule has 0 saturated heterocycles. The summed E-state index contributed by atoms with van der Waals surface area (Å²) in [6, 6.07) is 15.9. The molecule has 1 unspecified atom stereocenters. The van der Waals surface area contributed by atoms with Crippen molar-refractivity contribution in [2.45, 2.75) is 19.1 Å². The summed E-state index contributed by atoms with van der Waals surface area (Å²) < 4.78 is 5.94. The third-order valence-corrected chi connectivity index (χ3v) is 4.06. The Labute approximate surface area is 129 Å². The summed E-state index contributed by atoms with van der Waals surface area (Å²) >= 11 is 6.27. The van der Waals surface area contributed by atoms with Gasteiger partial charge in [-0.3, -0.25) is 0 Å². The van der Waals surface area contributed by atoms with Gasteiger partial charge in [-0.1, -0.05) is 41.9 Å². The van der Waals surface area contributed by atoms with E-state index >= 15 is 0 Å². The van der Waals surface area contributed by atoms with E-state index in [0.717, 1.165) is 35.1 Å². The number of ether oxygens (including phenoxy) is 1. The van der Waals surface area contributed by atoms with Crippen LogP contribution in [0, 0.1) is 0 Å². The van der Waals surface area contributed by atoms with Crippen molar-refractivity contribution in [2.24, 2.45) is 0 Å². The molecule has 1 atom stereocenters. The largest absolute Gasteiger partial charge is 0.486 e. The normalized spacial score (nSPS) is 17.2. The van der Waals surface area contributed by atoms with Crippen molar-refractivity contribution >= 4 is 17.3 Å². The number of fused-ring (bicyclic) bond motifs is 1. The van der Waals surface area contributed by atoms with Gasteiger partial charge < -0.3 is 14.7 Å². The molecule has 1 heterocycles. The zero-order valence-electron chi connectivity index (χ0n) is 11.7. The molecule has 4 heteroatoms. The van der Waals surface area contributed by atoms with Crippen molar-refractivity contribution in [2.75, 3.05) is 18.1 Å². The van der Waals surface area contributed by atoms with Gasteiger partial charge in [-0.2, -0.15) is 0 Å². The molecule has 1 N–H and O–H groups in total. The van der Waals surface area contributed by atoms with E-state index in [1.54, 1.807) is 0 Å². The highest BCUT2D eigenvalue weighted by atomic mass is 35.5. The van der Waals surface area contributed by atoms with E-state index in [1.165, 1.54) is 0 Å². The van der Waals surface area contributed by atoms with Crippen molar-refractivity contribution in [1.29, 1.82) is 0 Å². The molecule has 3 rings (SSSR count). The summed E-state index contributed by atoms with van der Waals surface area (Å²) in [6.45, 7) is 1.62. The van der Waals surface area contributed by atoms with Gasteiger partial charge in [-0.15, -0.1) is 0 Å². The fourth-order valence-electron chi connectivity index (χ4n) is 2.66. The lowest BCUT2D eigenvalue weighted by Crippen LogP contribution is -2.40. The Morgan fingerprint density at radius 3 is 2.71 bits per heavy atom. The summed E-state index contributed by atoms with van der Waals surface area (Å²) in [6.07, 6.45) is 0.639. The number of hydrogen-bond donors (Lipinski definition) is 1. The first-order valence-corrected chi connectivity index (χ1v) is 7.50. The highest BCUT2D eigenvalue weighted by Gasteiger charge is 2.25. The molecule has 0 radical (unpaired) electrons. The number of rotatable bonds is 4. The number of halogens is 1. The fourth-order valence-corrected chi connectivity index (χ4v) is 2.85. The standard InChI is InChI=1S/C17H18ClNO2/c18-15-6-2-1-5-13(15)11-19-12-14(9-10-20)21-17-8-4-3-7-16(17)19/h1-8,14,20H,9-12H2. The van der Waals surface area contributed by atoms with Gasteiger partial charge in [0.1, 0.15) is 11.9 Å². The van der Waals surface area contributed by atoms with Crippen molar-refractivity contribution in [3.63, 3.8) is 0 Å². The summed E-state index contributed by atoms with van der Waals surface area (Å²) in [5, 5.41) is 9.94. The second kappa shape index (κ2) is 6.37. The molecule has 0 spiro atoms.